The van der Waals surface area contributed by atoms with Gasteiger partial charge in [-0.15, -0.1) is 0 Å². The number of carbonyl (C=O) groups excluding carboxylic acids is 1. The predicted molar refractivity (Wildman–Crippen MR) is 73.5 cm³/mol. The second-order valence-corrected chi connectivity index (χ2v) is 4.40. The molecular formula is C14H21FN2O2. The second-order valence-electron chi connectivity index (χ2n) is 4.40. The van der Waals surface area contributed by atoms with Gasteiger partial charge in [-0.05, 0) is 37.6 Å². The van der Waals surface area contributed by atoms with Crippen LogP contribution >= 0.6 is 0 Å². The molecule has 0 aromatic heterocycles. The highest BCUT2D eigenvalue weighted by Gasteiger charge is 2.13. The molecule has 0 radical (unpaired) electrons. The van der Waals surface area contributed by atoms with Crippen LogP contribution in [0.15, 0.2) is 18.2 Å². The summed E-state index contributed by atoms with van der Waals surface area (Å²) in [6.45, 7) is 5.14. The number of hydrogen-bond acceptors (Lipinski definition) is 3. The van der Waals surface area contributed by atoms with Crippen LogP contribution in [0.1, 0.15) is 19.4 Å². The van der Waals surface area contributed by atoms with Gasteiger partial charge in [0.15, 0.2) is 0 Å². The molecule has 0 unspecified atom stereocenters. The lowest BCUT2D eigenvalue weighted by atomic mass is 10.2. The Kier molecular flexibility index (Phi) is 5.76. The molecule has 0 aliphatic carbocycles. The summed E-state index contributed by atoms with van der Waals surface area (Å²) in [7, 11) is 1.73. The first kappa shape index (κ1) is 15.4. The van der Waals surface area contributed by atoms with Gasteiger partial charge < -0.3 is 14.9 Å². The number of aliphatic hydroxyl groups excluding tert-OH is 1. The van der Waals surface area contributed by atoms with E-state index in [2.05, 4.69) is 0 Å². The van der Waals surface area contributed by atoms with Crippen LogP contribution in [0.2, 0.25) is 0 Å². The van der Waals surface area contributed by atoms with Crippen molar-refractivity contribution in [2.24, 2.45) is 0 Å². The SMILES string of the molecule is CCN(CC)C(=O)CN(C)c1cc(F)cc(CO)c1. The van der Waals surface area contributed by atoms with Gasteiger partial charge in [0, 0.05) is 25.8 Å². The number of carbonyl (C=O) groups is 1. The average molecular weight is 268 g/mol. The number of likely N-dealkylation sites (N-methyl/N-ethyl adjacent to an activating group) is 2. The molecule has 0 aliphatic heterocycles. The molecule has 106 valence electrons. The maximum Gasteiger partial charge on any atom is 0.242 e. The molecule has 1 aromatic rings. The zero-order valence-corrected chi connectivity index (χ0v) is 11.7. The van der Waals surface area contributed by atoms with Crippen LogP contribution < -0.4 is 4.90 Å². The van der Waals surface area contributed by atoms with Crippen LogP contribution in [0.4, 0.5) is 10.1 Å². The van der Waals surface area contributed by atoms with Crippen molar-refractivity contribution < 1.29 is 14.3 Å². The van der Waals surface area contributed by atoms with Crippen LogP contribution in [0.3, 0.4) is 0 Å². The molecule has 1 aromatic carbocycles. The number of nitrogens with zero attached hydrogens (tertiary/aromatic N) is 2. The smallest absolute Gasteiger partial charge is 0.242 e. The largest absolute Gasteiger partial charge is 0.392 e. The van der Waals surface area contributed by atoms with Crippen LogP contribution in [0, 0.1) is 5.82 Å². The van der Waals surface area contributed by atoms with Crippen LogP contribution in [-0.4, -0.2) is 42.6 Å². The first-order valence-electron chi connectivity index (χ1n) is 6.41. The van der Waals surface area contributed by atoms with Gasteiger partial charge in [0.05, 0.1) is 13.2 Å². The quantitative estimate of drug-likeness (QED) is 0.852. The summed E-state index contributed by atoms with van der Waals surface area (Å²) in [6, 6.07) is 4.32. The Balaban J connectivity index is 2.80. The summed E-state index contributed by atoms with van der Waals surface area (Å²) in [5, 5.41) is 9.05. The van der Waals surface area contributed by atoms with Crippen molar-refractivity contribution in [2.75, 3.05) is 31.6 Å². The molecule has 0 bridgehead atoms. The molecule has 0 spiro atoms. The molecule has 1 N–H and O–H groups in total. The fourth-order valence-corrected chi connectivity index (χ4v) is 1.92. The maximum absolute atomic E-state index is 13.4. The summed E-state index contributed by atoms with van der Waals surface area (Å²) in [5.41, 5.74) is 1.08. The van der Waals surface area contributed by atoms with Crippen molar-refractivity contribution in [1.29, 1.82) is 0 Å². The van der Waals surface area contributed by atoms with E-state index < -0.39 is 5.82 Å². The van der Waals surface area contributed by atoms with E-state index in [0.717, 1.165) is 0 Å². The van der Waals surface area contributed by atoms with Crippen LogP contribution in [-0.2, 0) is 11.4 Å². The Bertz CT molecular complexity index is 433. The molecule has 0 atom stereocenters. The minimum atomic E-state index is -0.413. The monoisotopic (exact) mass is 268 g/mol. The van der Waals surface area contributed by atoms with Gasteiger partial charge in [0.25, 0.3) is 0 Å². The Morgan fingerprint density at radius 1 is 1.26 bits per heavy atom. The van der Waals surface area contributed by atoms with Crippen molar-refractivity contribution in [2.45, 2.75) is 20.5 Å². The van der Waals surface area contributed by atoms with Gasteiger partial charge in [-0.25, -0.2) is 4.39 Å². The third-order valence-corrected chi connectivity index (χ3v) is 3.05. The first-order valence-corrected chi connectivity index (χ1v) is 6.41. The molecule has 0 aliphatic rings. The van der Waals surface area contributed by atoms with Gasteiger partial charge >= 0.3 is 0 Å². The van der Waals surface area contributed by atoms with Crippen LogP contribution in [0.25, 0.3) is 0 Å². The number of hydrogen-bond donors (Lipinski definition) is 1. The van der Waals surface area contributed by atoms with Crippen molar-refractivity contribution in [1.82, 2.24) is 4.90 Å². The van der Waals surface area contributed by atoms with Gasteiger partial charge in [-0.2, -0.15) is 0 Å². The molecule has 5 heteroatoms. The highest BCUT2D eigenvalue weighted by molar-refractivity contribution is 5.81. The molecule has 4 nitrogen and oxygen atoms in total. The number of aliphatic hydroxyl groups is 1. The van der Waals surface area contributed by atoms with E-state index in [9.17, 15) is 9.18 Å². The van der Waals surface area contributed by atoms with E-state index >= 15 is 0 Å². The molecule has 0 fully saturated rings. The highest BCUT2D eigenvalue weighted by atomic mass is 19.1. The van der Waals surface area contributed by atoms with E-state index in [1.807, 2.05) is 13.8 Å². The fraction of sp³-hybridized carbons (Fsp3) is 0.500. The summed E-state index contributed by atoms with van der Waals surface area (Å²) in [6.07, 6.45) is 0. The lowest BCUT2D eigenvalue weighted by molar-refractivity contribution is -0.129. The lowest BCUT2D eigenvalue weighted by Crippen LogP contribution is -2.38. The Morgan fingerprint density at radius 2 is 1.89 bits per heavy atom. The molecule has 1 amide bonds. The molecule has 19 heavy (non-hydrogen) atoms. The van der Waals surface area contributed by atoms with E-state index in [-0.39, 0.29) is 19.1 Å². The molecule has 0 saturated carbocycles. The minimum absolute atomic E-state index is 0.00214. The van der Waals surface area contributed by atoms with Crippen LogP contribution in [0.5, 0.6) is 0 Å². The fourth-order valence-electron chi connectivity index (χ4n) is 1.92. The van der Waals surface area contributed by atoms with Crippen molar-refractivity contribution in [3.8, 4) is 0 Å². The average Bonchev–Trinajstić information content (AvgIpc) is 2.39. The normalized spacial score (nSPS) is 10.4. The number of halogens is 1. The third-order valence-electron chi connectivity index (χ3n) is 3.05. The van der Waals surface area contributed by atoms with Gasteiger partial charge in [0.1, 0.15) is 5.82 Å². The van der Waals surface area contributed by atoms with E-state index in [1.54, 1.807) is 22.9 Å². The molecule has 0 saturated heterocycles. The zero-order chi connectivity index (χ0) is 14.4. The Hall–Kier alpha value is -1.62. The predicted octanol–water partition coefficient (Wildman–Crippen LogP) is 1.62. The Morgan fingerprint density at radius 3 is 2.42 bits per heavy atom. The van der Waals surface area contributed by atoms with E-state index in [4.69, 9.17) is 5.11 Å². The third kappa shape index (κ3) is 4.21. The summed E-state index contributed by atoms with van der Waals surface area (Å²) in [4.78, 5) is 15.4. The number of rotatable bonds is 6. The Labute approximate surface area is 113 Å². The highest BCUT2D eigenvalue weighted by Crippen LogP contribution is 2.17. The van der Waals surface area contributed by atoms with Gasteiger partial charge in [-0.1, -0.05) is 0 Å². The maximum atomic E-state index is 13.4. The second kappa shape index (κ2) is 7.09. The minimum Gasteiger partial charge on any atom is -0.392 e. The number of benzene rings is 1. The number of amides is 1. The van der Waals surface area contributed by atoms with Crippen molar-refractivity contribution in [3.63, 3.8) is 0 Å². The summed E-state index contributed by atoms with van der Waals surface area (Å²) in [5.74, 6) is -0.411. The van der Waals surface area contributed by atoms with Crippen molar-refractivity contribution in [3.05, 3.63) is 29.6 Å². The van der Waals surface area contributed by atoms with Gasteiger partial charge in [0.2, 0.25) is 5.91 Å². The molecular weight excluding hydrogens is 247 g/mol. The standard InChI is InChI=1S/C14H21FN2O2/c1-4-17(5-2)14(19)9-16(3)13-7-11(10-18)6-12(15)8-13/h6-8,18H,4-5,9-10H2,1-3H3. The first-order chi connectivity index (χ1) is 9.01. The molecule has 1 rings (SSSR count). The number of anilines is 1. The van der Waals surface area contributed by atoms with E-state index in [0.29, 0.717) is 24.3 Å². The topological polar surface area (TPSA) is 43.8 Å². The molecule has 0 heterocycles. The summed E-state index contributed by atoms with van der Waals surface area (Å²) >= 11 is 0. The van der Waals surface area contributed by atoms with E-state index in [1.165, 1.54) is 12.1 Å². The van der Waals surface area contributed by atoms with Crippen molar-refractivity contribution >= 4 is 11.6 Å². The lowest BCUT2D eigenvalue weighted by Gasteiger charge is -2.24. The summed E-state index contributed by atoms with van der Waals surface area (Å²) < 4.78 is 13.4. The van der Waals surface area contributed by atoms with Gasteiger partial charge in [-0.3, -0.25) is 4.79 Å². The zero-order valence-electron chi connectivity index (χ0n) is 11.7.